The molecule has 0 aromatic rings. The maximum atomic E-state index is 12.1. The minimum Gasteiger partial charge on any atom is -0.375 e. The van der Waals surface area contributed by atoms with Crippen LogP contribution in [0.4, 0.5) is 0 Å². The van der Waals surface area contributed by atoms with Crippen molar-refractivity contribution in [3.63, 3.8) is 0 Å². The Bertz CT molecular complexity index is 381. The predicted octanol–water partition coefficient (Wildman–Crippen LogP) is 0.635. The summed E-state index contributed by atoms with van der Waals surface area (Å²) >= 11 is 0. The number of fused-ring (bicyclic) bond motifs is 1. The number of likely N-dealkylation sites (tertiary alicyclic amines) is 2. The van der Waals surface area contributed by atoms with Gasteiger partial charge in [0, 0.05) is 26.6 Å². The van der Waals surface area contributed by atoms with E-state index in [1.165, 1.54) is 12.8 Å². The second kappa shape index (κ2) is 5.12. The van der Waals surface area contributed by atoms with Crippen LogP contribution in [0, 0.1) is 5.92 Å². The van der Waals surface area contributed by atoms with Crippen molar-refractivity contribution in [2.24, 2.45) is 5.92 Å². The smallest absolute Gasteiger partial charge is 0.248 e. The Balaban J connectivity index is 1.69. The quantitative estimate of drug-likeness (QED) is 0.750. The largest absolute Gasteiger partial charge is 0.375 e. The van der Waals surface area contributed by atoms with E-state index in [1.807, 2.05) is 4.90 Å². The van der Waals surface area contributed by atoms with Gasteiger partial charge < -0.3 is 14.5 Å². The van der Waals surface area contributed by atoms with E-state index in [0.29, 0.717) is 12.3 Å². The first-order chi connectivity index (χ1) is 9.20. The summed E-state index contributed by atoms with van der Waals surface area (Å²) in [5.74, 6) is 1.07. The van der Waals surface area contributed by atoms with Crippen LogP contribution in [0.3, 0.4) is 0 Å². The van der Waals surface area contributed by atoms with Gasteiger partial charge in [-0.25, -0.2) is 0 Å². The van der Waals surface area contributed by atoms with E-state index < -0.39 is 0 Å². The van der Waals surface area contributed by atoms with Gasteiger partial charge in [0.15, 0.2) is 0 Å². The van der Waals surface area contributed by atoms with Crippen LogP contribution < -0.4 is 0 Å². The Kier molecular flexibility index (Phi) is 3.48. The molecule has 106 valence electrons. The zero-order chi connectivity index (χ0) is 13.4. The van der Waals surface area contributed by atoms with Crippen molar-refractivity contribution in [2.75, 3.05) is 26.8 Å². The molecule has 3 rings (SSSR count). The molecule has 0 aromatic carbocycles. The molecular formula is C14H22N2O3. The van der Waals surface area contributed by atoms with Crippen molar-refractivity contribution >= 4 is 11.8 Å². The van der Waals surface area contributed by atoms with Crippen LogP contribution in [0.2, 0.25) is 0 Å². The fourth-order valence-corrected chi connectivity index (χ4v) is 3.48. The van der Waals surface area contributed by atoms with E-state index in [9.17, 15) is 9.59 Å². The molecule has 5 nitrogen and oxygen atoms in total. The third-order valence-electron chi connectivity index (χ3n) is 4.62. The van der Waals surface area contributed by atoms with Gasteiger partial charge in [-0.3, -0.25) is 9.59 Å². The normalized spacial score (nSPS) is 30.7. The molecule has 5 heteroatoms. The number of amides is 2. The van der Waals surface area contributed by atoms with Gasteiger partial charge in [0.2, 0.25) is 11.8 Å². The van der Waals surface area contributed by atoms with Crippen molar-refractivity contribution in [1.82, 2.24) is 9.80 Å². The van der Waals surface area contributed by atoms with Crippen LogP contribution in [-0.2, 0) is 14.3 Å². The number of carbonyl (C=O) groups excluding carboxylic acids is 2. The number of piperidine rings is 1. The van der Waals surface area contributed by atoms with E-state index in [-0.39, 0.29) is 30.5 Å². The lowest BCUT2D eigenvalue weighted by Crippen LogP contribution is -2.54. The van der Waals surface area contributed by atoms with Crippen LogP contribution in [0.25, 0.3) is 0 Å². The number of methoxy groups -OCH3 is 1. The highest BCUT2D eigenvalue weighted by atomic mass is 16.5. The van der Waals surface area contributed by atoms with Gasteiger partial charge in [-0.2, -0.15) is 0 Å². The van der Waals surface area contributed by atoms with Gasteiger partial charge in [0.05, 0.1) is 12.1 Å². The highest BCUT2D eigenvalue weighted by Gasteiger charge is 2.45. The van der Waals surface area contributed by atoms with Crippen LogP contribution in [0.5, 0.6) is 0 Å². The summed E-state index contributed by atoms with van der Waals surface area (Å²) in [5.41, 5.74) is 0. The van der Waals surface area contributed by atoms with Crippen LogP contribution in [0.15, 0.2) is 0 Å². The molecule has 2 atom stereocenters. The van der Waals surface area contributed by atoms with E-state index >= 15 is 0 Å². The number of rotatable bonds is 4. The molecule has 0 N–H and O–H groups in total. The number of hydrogen-bond donors (Lipinski definition) is 0. The lowest BCUT2D eigenvalue weighted by molar-refractivity contribution is -0.143. The van der Waals surface area contributed by atoms with Gasteiger partial charge in [0.1, 0.15) is 6.61 Å². The Morgan fingerprint density at radius 2 is 2.05 bits per heavy atom. The zero-order valence-electron chi connectivity index (χ0n) is 11.5. The van der Waals surface area contributed by atoms with Crippen molar-refractivity contribution in [3.8, 4) is 0 Å². The summed E-state index contributed by atoms with van der Waals surface area (Å²) in [6.45, 7) is 1.83. The van der Waals surface area contributed by atoms with Gasteiger partial charge in [-0.1, -0.05) is 0 Å². The molecule has 2 heterocycles. The molecule has 2 saturated heterocycles. The molecule has 3 aliphatic rings. The molecular weight excluding hydrogens is 244 g/mol. The topological polar surface area (TPSA) is 49.9 Å². The first-order valence-electron chi connectivity index (χ1n) is 7.28. The summed E-state index contributed by atoms with van der Waals surface area (Å²) in [5, 5.41) is 0. The molecule has 2 aliphatic heterocycles. The Morgan fingerprint density at radius 1 is 1.26 bits per heavy atom. The van der Waals surface area contributed by atoms with Gasteiger partial charge in [-0.15, -0.1) is 0 Å². The summed E-state index contributed by atoms with van der Waals surface area (Å²) in [7, 11) is 1.55. The Morgan fingerprint density at radius 3 is 2.74 bits per heavy atom. The Labute approximate surface area is 113 Å². The maximum absolute atomic E-state index is 12.1. The van der Waals surface area contributed by atoms with Gasteiger partial charge in [-0.05, 0) is 31.6 Å². The molecule has 0 aromatic heterocycles. The van der Waals surface area contributed by atoms with Crippen LogP contribution in [-0.4, -0.2) is 60.5 Å². The summed E-state index contributed by atoms with van der Waals surface area (Å²) < 4.78 is 4.95. The molecule has 1 saturated carbocycles. The molecule has 0 unspecified atom stereocenters. The lowest BCUT2D eigenvalue weighted by Gasteiger charge is -2.39. The number of hydrogen-bond acceptors (Lipinski definition) is 3. The summed E-state index contributed by atoms with van der Waals surface area (Å²) in [6, 6.07) is 0.474. The third kappa shape index (κ3) is 2.48. The highest BCUT2D eigenvalue weighted by molar-refractivity contribution is 5.81. The van der Waals surface area contributed by atoms with Crippen LogP contribution >= 0.6 is 0 Å². The average Bonchev–Trinajstić information content (AvgIpc) is 3.10. The third-order valence-corrected chi connectivity index (χ3v) is 4.62. The molecule has 0 radical (unpaired) electrons. The van der Waals surface area contributed by atoms with E-state index in [0.717, 1.165) is 25.9 Å². The molecule has 2 amide bonds. The van der Waals surface area contributed by atoms with Crippen molar-refractivity contribution in [2.45, 2.75) is 44.2 Å². The molecule has 3 fully saturated rings. The SMILES string of the molecule is COCC(=O)N1CC[C@H]2[C@H]1CCC(=O)N2CC1CC1. The first kappa shape index (κ1) is 12.9. The number of carbonyl (C=O) groups is 2. The standard InChI is InChI=1S/C14H22N2O3/c1-19-9-14(18)15-7-6-12-11(15)4-5-13(17)16(12)8-10-2-3-10/h10-12H,2-9H2,1H3/t11-,12+/m1/s1. The lowest BCUT2D eigenvalue weighted by atomic mass is 9.96. The molecule has 1 aliphatic carbocycles. The minimum atomic E-state index is 0.0655. The minimum absolute atomic E-state index is 0.0655. The predicted molar refractivity (Wildman–Crippen MR) is 69.5 cm³/mol. The first-order valence-corrected chi connectivity index (χ1v) is 7.28. The second-order valence-electron chi connectivity index (χ2n) is 5.97. The molecule has 19 heavy (non-hydrogen) atoms. The van der Waals surface area contributed by atoms with Gasteiger partial charge >= 0.3 is 0 Å². The van der Waals surface area contributed by atoms with Crippen molar-refractivity contribution < 1.29 is 14.3 Å². The maximum Gasteiger partial charge on any atom is 0.248 e. The fourth-order valence-electron chi connectivity index (χ4n) is 3.48. The number of nitrogens with zero attached hydrogens (tertiary/aromatic N) is 2. The summed E-state index contributed by atoms with van der Waals surface area (Å²) in [4.78, 5) is 28.1. The summed E-state index contributed by atoms with van der Waals surface area (Å²) in [6.07, 6.45) is 4.85. The monoisotopic (exact) mass is 266 g/mol. The Hall–Kier alpha value is -1.10. The average molecular weight is 266 g/mol. The van der Waals surface area contributed by atoms with E-state index in [4.69, 9.17) is 4.74 Å². The second-order valence-corrected chi connectivity index (χ2v) is 5.97. The highest BCUT2D eigenvalue weighted by Crippen LogP contribution is 2.36. The van der Waals surface area contributed by atoms with E-state index in [2.05, 4.69) is 4.90 Å². The van der Waals surface area contributed by atoms with E-state index in [1.54, 1.807) is 7.11 Å². The van der Waals surface area contributed by atoms with Gasteiger partial charge in [0.25, 0.3) is 0 Å². The fraction of sp³-hybridized carbons (Fsp3) is 0.857. The molecule has 0 spiro atoms. The van der Waals surface area contributed by atoms with Crippen LogP contribution in [0.1, 0.15) is 32.1 Å². The zero-order valence-corrected chi connectivity index (χ0v) is 11.5. The molecule has 0 bridgehead atoms. The number of ether oxygens (including phenoxy) is 1. The van der Waals surface area contributed by atoms with Crippen molar-refractivity contribution in [1.29, 1.82) is 0 Å². The van der Waals surface area contributed by atoms with Crippen molar-refractivity contribution in [3.05, 3.63) is 0 Å².